The highest BCUT2D eigenvalue weighted by atomic mass is 14.2. The molecule has 0 aromatic rings. The van der Waals surface area contributed by atoms with Gasteiger partial charge in [-0.1, -0.05) is 19.4 Å². The summed E-state index contributed by atoms with van der Waals surface area (Å²) in [5.74, 6) is 0.560. The number of hydrogen-bond acceptors (Lipinski definition) is 1. The quantitative estimate of drug-likeness (QED) is 0.517. The van der Waals surface area contributed by atoms with Crippen molar-refractivity contribution < 1.29 is 0 Å². The number of rotatable bonds is 2. The molecule has 0 heterocycles. The predicted molar refractivity (Wildman–Crippen MR) is 38.8 cm³/mol. The highest BCUT2D eigenvalue weighted by molar-refractivity contribution is 5.12. The molecule has 0 radical (unpaired) electrons. The molecule has 1 atom stereocenters. The summed E-state index contributed by atoms with van der Waals surface area (Å²) in [7, 11) is 0. The second-order valence-corrected chi connectivity index (χ2v) is 2.33. The van der Waals surface area contributed by atoms with E-state index in [-0.39, 0.29) is 0 Å². The van der Waals surface area contributed by atoms with Gasteiger partial charge in [0.1, 0.15) is 0 Å². The normalized spacial score (nSPS) is 14.7. The maximum Gasteiger partial charge on any atom is 0.0911 e. The number of allylic oxidation sites excluding steroid dienone is 2. The molecular weight excluding hydrogens is 110 g/mol. The minimum Gasteiger partial charge on any atom is -0.193 e. The summed E-state index contributed by atoms with van der Waals surface area (Å²) in [6.07, 6.45) is 2.73. The van der Waals surface area contributed by atoms with Gasteiger partial charge < -0.3 is 0 Å². The molecule has 50 valence electrons. The van der Waals surface area contributed by atoms with Gasteiger partial charge in [0.2, 0.25) is 0 Å². The first-order valence-corrected chi connectivity index (χ1v) is 3.28. The first-order valence-electron chi connectivity index (χ1n) is 3.28. The Morgan fingerprint density at radius 3 is 2.67 bits per heavy atom. The molecule has 0 rings (SSSR count). The van der Waals surface area contributed by atoms with Gasteiger partial charge >= 0.3 is 0 Å². The summed E-state index contributed by atoms with van der Waals surface area (Å²) in [5.41, 5.74) is 1.18. The van der Waals surface area contributed by atoms with Crippen molar-refractivity contribution in [3.63, 3.8) is 0 Å². The Bertz CT molecular complexity index is 139. The Kier molecular flexibility index (Phi) is 3.79. The molecule has 1 nitrogen and oxygen atoms in total. The molecule has 0 fully saturated rings. The average Bonchev–Trinajstić information content (AvgIpc) is 1.87. The summed E-state index contributed by atoms with van der Waals surface area (Å²) in [6.45, 7) is 6.25. The molecular formula is C8H13N. The third kappa shape index (κ3) is 2.92. The molecule has 1 unspecified atom stereocenters. The highest BCUT2D eigenvalue weighted by Crippen LogP contribution is 2.11. The lowest BCUT2D eigenvalue weighted by Gasteiger charge is -2.05. The SMILES string of the molecule is CCC(C)C(C)=CC#N. The molecule has 0 N–H and O–H groups in total. The molecule has 0 aromatic heterocycles. The second kappa shape index (κ2) is 4.14. The van der Waals surface area contributed by atoms with E-state index in [0.717, 1.165) is 6.42 Å². The Balaban J connectivity index is 3.89. The van der Waals surface area contributed by atoms with E-state index in [0.29, 0.717) is 5.92 Å². The van der Waals surface area contributed by atoms with Gasteiger partial charge in [-0.3, -0.25) is 0 Å². The van der Waals surface area contributed by atoms with Crippen molar-refractivity contribution in [2.24, 2.45) is 5.92 Å². The first-order chi connectivity index (χ1) is 4.22. The van der Waals surface area contributed by atoms with Crippen LogP contribution in [0.25, 0.3) is 0 Å². The fraction of sp³-hybridized carbons (Fsp3) is 0.625. The van der Waals surface area contributed by atoms with E-state index in [9.17, 15) is 0 Å². The van der Waals surface area contributed by atoms with Crippen molar-refractivity contribution in [2.75, 3.05) is 0 Å². The van der Waals surface area contributed by atoms with E-state index in [1.807, 2.05) is 13.0 Å². The summed E-state index contributed by atoms with van der Waals surface area (Å²) in [6, 6.07) is 2.02. The van der Waals surface area contributed by atoms with Crippen molar-refractivity contribution in [1.82, 2.24) is 0 Å². The molecule has 1 heteroatoms. The molecule has 0 aliphatic carbocycles. The van der Waals surface area contributed by atoms with Gasteiger partial charge in [0.15, 0.2) is 0 Å². The van der Waals surface area contributed by atoms with Crippen LogP contribution in [0.4, 0.5) is 0 Å². The molecule has 0 saturated carbocycles. The maximum absolute atomic E-state index is 8.25. The molecule has 9 heavy (non-hydrogen) atoms. The summed E-state index contributed by atoms with van der Waals surface area (Å²) < 4.78 is 0. The Labute approximate surface area is 57.0 Å². The van der Waals surface area contributed by atoms with Crippen molar-refractivity contribution in [3.05, 3.63) is 11.6 Å². The van der Waals surface area contributed by atoms with Crippen LogP contribution in [0, 0.1) is 17.2 Å². The molecule has 0 aromatic carbocycles. The third-order valence-corrected chi connectivity index (χ3v) is 1.68. The zero-order valence-electron chi connectivity index (χ0n) is 6.31. The molecule has 0 bridgehead atoms. The summed E-state index contributed by atoms with van der Waals surface area (Å²) in [5, 5.41) is 8.25. The molecule has 0 aliphatic heterocycles. The van der Waals surface area contributed by atoms with Crippen molar-refractivity contribution in [2.45, 2.75) is 27.2 Å². The van der Waals surface area contributed by atoms with Crippen LogP contribution in [-0.4, -0.2) is 0 Å². The molecule has 0 aliphatic rings. The number of hydrogen-bond donors (Lipinski definition) is 0. The molecule has 0 saturated heterocycles. The van der Waals surface area contributed by atoms with Gasteiger partial charge in [-0.15, -0.1) is 0 Å². The van der Waals surface area contributed by atoms with Gasteiger partial charge in [0.25, 0.3) is 0 Å². The first kappa shape index (κ1) is 8.23. The van der Waals surface area contributed by atoms with E-state index in [1.165, 1.54) is 5.57 Å². The van der Waals surface area contributed by atoms with Crippen LogP contribution in [-0.2, 0) is 0 Å². The maximum atomic E-state index is 8.25. The average molecular weight is 123 g/mol. The van der Waals surface area contributed by atoms with Crippen LogP contribution in [0.15, 0.2) is 11.6 Å². The van der Waals surface area contributed by atoms with E-state index in [4.69, 9.17) is 5.26 Å². The fourth-order valence-corrected chi connectivity index (χ4v) is 0.566. The van der Waals surface area contributed by atoms with Gasteiger partial charge in [-0.25, -0.2) is 0 Å². The smallest absolute Gasteiger partial charge is 0.0911 e. The summed E-state index contributed by atoms with van der Waals surface area (Å²) >= 11 is 0. The van der Waals surface area contributed by atoms with E-state index in [2.05, 4.69) is 13.8 Å². The lowest BCUT2D eigenvalue weighted by Crippen LogP contribution is -1.92. The Morgan fingerprint density at radius 2 is 2.33 bits per heavy atom. The third-order valence-electron chi connectivity index (χ3n) is 1.68. The second-order valence-electron chi connectivity index (χ2n) is 2.33. The minimum atomic E-state index is 0.560. The van der Waals surface area contributed by atoms with Crippen LogP contribution in [0.2, 0.25) is 0 Å². The monoisotopic (exact) mass is 123 g/mol. The summed E-state index contributed by atoms with van der Waals surface area (Å²) in [4.78, 5) is 0. The topological polar surface area (TPSA) is 23.8 Å². The zero-order chi connectivity index (χ0) is 7.28. The van der Waals surface area contributed by atoms with E-state index >= 15 is 0 Å². The molecule has 0 spiro atoms. The van der Waals surface area contributed by atoms with Gasteiger partial charge in [0, 0.05) is 6.08 Å². The lowest BCUT2D eigenvalue weighted by atomic mass is 10.0. The highest BCUT2D eigenvalue weighted by Gasteiger charge is 1.98. The van der Waals surface area contributed by atoms with Crippen LogP contribution in [0.1, 0.15) is 27.2 Å². The van der Waals surface area contributed by atoms with Crippen molar-refractivity contribution >= 4 is 0 Å². The van der Waals surface area contributed by atoms with E-state index < -0.39 is 0 Å². The largest absolute Gasteiger partial charge is 0.193 e. The van der Waals surface area contributed by atoms with Gasteiger partial charge in [0.05, 0.1) is 6.07 Å². The van der Waals surface area contributed by atoms with Crippen LogP contribution in [0.5, 0.6) is 0 Å². The van der Waals surface area contributed by atoms with Crippen molar-refractivity contribution in [3.8, 4) is 6.07 Å². The minimum absolute atomic E-state index is 0.560. The van der Waals surface area contributed by atoms with Gasteiger partial charge in [-0.2, -0.15) is 5.26 Å². The van der Waals surface area contributed by atoms with Crippen molar-refractivity contribution in [1.29, 1.82) is 5.26 Å². The Morgan fingerprint density at radius 1 is 1.78 bits per heavy atom. The standard InChI is InChI=1S/C8H13N/c1-4-7(2)8(3)5-6-9/h5,7H,4H2,1-3H3. The van der Waals surface area contributed by atoms with Gasteiger partial charge in [-0.05, 0) is 19.3 Å². The van der Waals surface area contributed by atoms with Crippen LogP contribution < -0.4 is 0 Å². The fourth-order valence-electron chi connectivity index (χ4n) is 0.566. The van der Waals surface area contributed by atoms with Crippen LogP contribution in [0.3, 0.4) is 0 Å². The number of nitrogens with zero attached hydrogens (tertiary/aromatic N) is 1. The predicted octanol–water partition coefficient (Wildman–Crippen LogP) is 2.50. The zero-order valence-corrected chi connectivity index (χ0v) is 6.31. The Hall–Kier alpha value is -0.770. The van der Waals surface area contributed by atoms with E-state index in [1.54, 1.807) is 6.08 Å². The number of nitriles is 1. The lowest BCUT2D eigenvalue weighted by molar-refractivity contribution is 0.656. The van der Waals surface area contributed by atoms with Crippen LogP contribution >= 0.6 is 0 Å². The molecule has 0 amide bonds.